The Morgan fingerprint density at radius 3 is 2.47 bits per heavy atom. The van der Waals surface area contributed by atoms with Gasteiger partial charge in [0.2, 0.25) is 5.62 Å². The van der Waals surface area contributed by atoms with Gasteiger partial charge in [-0.25, -0.2) is 20.4 Å². The summed E-state index contributed by atoms with van der Waals surface area (Å²) in [7, 11) is 1.46. The molecule has 1 amide bonds. The highest BCUT2D eigenvalue weighted by atomic mass is 16.5. The van der Waals surface area contributed by atoms with E-state index in [1.165, 1.54) is 11.6 Å². The van der Waals surface area contributed by atoms with Crippen LogP contribution in [0.1, 0.15) is 11.1 Å². The summed E-state index contributed by atoms with van der Waals surface area (Å²) in [4.78, 5) is 43.4. The minimum atomic E-state index is -0.782. The molecule has 2 aromatic carbocycles. The molecule has 12 heteroatoms. The van der Waals surface area contributed by atoms with Crippen molar-refractivity contribution in [3.8, 4) is 5.75 Å². The number of aryl methyl sites for hydroxylation is 1. The van der Waals surface area contributed by atoms with Crippen LogP contribution >= 0.6 is 0 Å². The first-order chi connectivity index (χ1) is 17.2. The number of hydrazine groups is 1. The first kappa shape index (κ1) is 24.3. The van der Waals surface area contributed by atoms with Crippen molar-refractivity contribution in [1.82, 2.24) is 24.6 Å². The van der Waals surface area contributed by atoms with Crippen LogP contribution < -0.4 is 38.7 Å². The maximum absolute atomic E-state index is 12.6. The van der Waals surface area contributed by atoms with Crippen molar-refractivity contribution in [2.24, 2.45) is 10.8 Å². The number of nitrogens with one attached hydrogen (secondary N) is 2. The fourth-order valence-corrected chi connectivity index (χ4v) is 3.44. The van der Waals surface area contributed by atoms with E-state index in [4.69, 9.17) is 16.4 Å². The maximum atomic E-state index is 12.6. The molecule has 0 spiro atoms. The highest BCUT2D eigenvalue weighted by molar-refractivity contribution is 5.83. The zero-order valence-electron chi connectivity index (χ0n) is 19.7. The van der Waals surface area contributed by atoms with Crippen molar-refractivity contribution in [3.63, 3.8) is 0 Å². The van der Waals surface area contributed by atoms with Crippen molar-refractivity contribution in [2.45, 2.75) is 19.5 Å². The fraction of sp³-hybridized carbons (Fsp3) is 0.167. The molecule has 186 valence electrons. The molecule has 1 atom stereocenters. The lowest BCUT2D eigenvalue weighted by Crippen LogP contribution is -2.53. The van der Waals surface area contributed by atoms with E-state index >= 15 is 0 Å². The molecule has 1 aromatic heterocycles. The number of carbonyl (C=O) groups is 1. The van der Waals surface area contributed by atoms with Crippen LogP contribution in [0, 0.1) is 6.92 Å². The molecule has 0 saturated heterocycles. The normalized spacial score (nSPS) is 15.2. The highest BCUT2D eigenvalue weighted by Gasteiger charge is 2.20. The topological polar surface area (TPSA) is 166 Å². The molecule has 1 aliphatic rings. The fourth-order valence-electron chi connectivity index (χ4n) is 3.44. The van der Waals surface area contributed by atoms with Gasteiger partial charge in [-0.2, -0.15) is 4.68 Å². The van der Waals surface area contributed by atoms with Crippen molar-refractivity contribution >= 4 is 11.6 Å². The van der Waals surface area contributed by atoms with Gasteiger partial charge in [0.25, 0.3) is 5.91 Å². The smallest absolute Gasteiger partial charge is 0.351 e. The van der Waals surface area contributed by atoms with Gasteiger partial charge in [-0.3, -0.25) is 19.4 Å². The van der Waals surface area contributed by atoms with Gasteiger partial charge in [0.1, 0.15) is 17.6 Å². The van der Waals surface area contributed by atoms with E-state index in [2.05, 4.69) is 15.3 Å². The van der Waals surface area contributed by atoms with Crippen molar-refractivity contribution in [1.29, 1.82) is 0 Å². The lowest BCUT2D eigenvalue weighted by Gasteiger charge is -2.21. The number of amides is 1. The van der Waals surface area contributed by atoms with Crippen molar-refractivity contribution < 1.29 is 9.53 Å². The Morgan fingerprint density at radius 1 is 1.11 bits per heavy atom. The Labute approximate surface area is 205 Å². The number of ether oxygens (including phenoxy) is 1. The van der Waals surface area contributed by atoms with E-state index in [0.29, 0.717) is 17.2 Å². The number of likely N-dealkylation sites (N-methyl/N-ethyl adjacent to an activating group) is 1. The van der Waals surface area contributed by atoms with Gasteiger partial charge in [-0.05, 0) is 48.9 Å². The van der Waals surface area contributed by atoms with Crippen LogP contribution in [0.4, 0.5) is 5.69 Å². The molecule has 0 fully saturated rings. The molecule has 3 aromatic rings. The Hall–Kier alpha value is -4.84. The van der Waals surface area contributed by atoms with Gasteiger partial charge in [-0.1, -0.05) is 29.8 Å². The van der Waals surface area contributed by atoms with E-state index in [0.717, 1.165) is 20.8 Å². The van der Waals surface area contributed by atoms with Crippen LogP contribution in [-0.4, -0.2) is 38.2 Å². The van der Waals surface area contributed by atoms with Crippen molar-refractivity contribution in [2.75, 3.05) is 12.9 Å². The standard InChI is InChI=1S/C24H26N8O4/c1-15-3-5-16(6-4-15)14-31-22(32(26)24(35)29-23(31)34)28-17-7-9-18(10-8-17)36-19-11-12-27-20(13-19)21(33)30(2)25/h3-13,20,27H,14,25-26H2,1-2H3,(H,29,34,35). The summed E-state index contributed by atoms with van der Waals surface area (Å²) in [5.41, 5.74) is 0.939. The number of hydrogen-bond donors (Lipinski definition) is 4. The number of aromatic amines is 1. The number of nitrogen functional groups attached to an aromatic ring is 1. The molecule has 0 bridgehead atoms. The monoisotopic (exact) mass is 490 g/mol. The minimum absolute atomic E-state index is 0.0192. The summed E-state index contributed by atoms with van der Waals surface area (Å²) in [6, 6.07) is 13.6. The minimum Gasteiger partial charge on any atom is -0.458 e. The van der Waals surface area contributed by atoms with Crippen LogP contribution in [0.15, 0.2) is 87.2 Å². The third-order valence-corrected chi connectivity index (χ3v) is 5.37. The molecule has 4 rings (SSSR count). The summed E-state index contributed by atoms with van der Waals surface area (Å²) in [5, 5.41) is 3.90. The van der Waals surface area contributed by atoms with Crippen LogP contribution in [0.2, 0.25) is 0 Å². The molecule has 0 radical (unpaired) electrons. The first-order valence-electron chi connectivity index (χ1n) is 11.0. The van der Waals surface area contributed by atoms with Crippen LogP contribution in [0.25, 0.3) is 0 Å². The number of nitrogens with zero attached hydrogens (tertiary/aromatic N) is 4. The number of allylic oxidation sites excluding steroid dienone is 1. The maximum Gasteiger partial charge on any atom is 0.351 e. The van der Waals surface area contributed by atoms with Gasteiger partial charge < -0.3 is 15.9 Å². The second-order valence-corrected chi connectivity index (χ2v) is 8.18. The highest BCUT2D eigenvalue weighted by Crippen LogP contribution is 2.21. The first-order valence-corrected chi connectivity index (χ1v) is 11.0. The van der Waals surface area contributed by atoms with Crippen molar-refractivity contribution in [3.05, 3.63) is 110 Å². The predicted molar refractivity (Wildman–Crippen MR) is 133 cm³/mol. The Morgan fingerprint density at radius 2 is 1.81 bits per heavy atom. The van der Waals surface area contributed by atoms with Crippen LogP contribution in [0.5, 0.6) is 5.75 Å². The number of benzene rings is 2. The van der Waals surface area contributed by atoms with E-state index in [9.17, 15) is 14.4 Å². The average Bonchev–Trinajstić information content (AvgIpc) is 2.86. The number of aromatic nitrogens is 3. The molecule has 0 saturated carbocycles. The summed E-state index contributed by atoms with van der Waals surface area (Å²) >= 11 is 0. The zero-order chi connectivity index (χ0) is 25.8. The van der Waals surface area contributed by atoms with Gasteiger partial charge in [0.05, 0.1) is 12.2 Å². The number of nitrogens with two attached hydrogens (primary N) is 2. The summed E-state index contributed by atoms with van der Waals surface area (Å²) in [5.74, 6) is 12.1. The third kappa shape index (κ3) is 5.45. The van der Waals surface area contributed by atoms with Gasteiger partial charge in [0, 0.05) is 13.2 Å². The SMILES string of the molecule is Cc1ccc(Cn2c(=O)[nH]c(=O)n(N)c2=Nc2ccc(OC3=CC(C(=O)N(C)N)NC=C3)cc2)cc1. The van der Waals surface area contributed by atoms with Crippen LogP contribution in [-0.2, 0) is 11.3 Å². The van der Waals surface area contributed by atoms with E-state index in [1.807, 2.05) is 31.2 Å². The number of rotatable bonds is 6. The van der Waals surface area contributed by atoms with Crippen LogP contribution in [0.3, 0.4) is 0 Å². The van der Waals surface area contributed by atoms with E-state index in [1.54, 1.807) is 42.6 Å². The second-order valence-electron chi connectivity index (χ2n) is 8.18. The largest absolute Gasteiger partial charge is 0.458 e. The number of carbonyl (C=O) groups excluding carboxylic acids is 1. The Kier molecular flexibility index (Phi) is 6.88. The van der Waals surface area contributed by atoms with E-state index in [-0.39, 0.29) is 18.1 Å². The van der Waals surface area contributed by atoms with Gasteiger partial charge >= 0.3 is 11.4 Å². The summed E-state index contributed by atoms with van der Waals surface area (Å²) in [6.07, 6.45) is 4.89. The quantitative estimate of drug-likeness (QED) is 0.210. The molecule has 6 N–H and O–H groups in total. The van der Waals surface area contributed by atoms with Gasteiger partial charge in [-0.15, -0.1) is 0 Å². The molecular weight excluding hydrogens is 464 g/mol. The lowest BCUT2D eigenvalue weighted by molar-refractivity contribution is -0.131. The molecule has 12 nitrogen and oxygen atoms in total. The molecule has 1 unspecified atom stereocenters. The predicted octanol–water partition coefficient (Wildman–Crippen LogP) is -0.279. The molecule has 0 aliphatic carbocycles. The molecular formula is C24H26N8O4. The van der Waals surface area contributed by atoms with Gasteiger partial charge in [0.15, 0.2) is 0 Å². The Bertz CT molecular complexity index is 1510. The second kappa shape index (κ2) is 10.2. The zero-order valence-corrected chi connectivity index (χ0v) is 19.7. The summed E-state index contributed by atoms with van der Waals surface area (Å²) < 4.78 is 7.91. The molecule has 36 heavy (non-hydrogen) atoms. The number of dihydropyridines is 1. The van der Waals surface area contributed by atoms with E-state index < -0.39 is 17.4 Å². The lowest BCUT2D eigenvalue weighted by atomic mass is 10.1. The number of H-pyrrole nitrogens is 1. The molecule has 2 heterocycles. The third-order valence-electron chi connectivity index (χ3n) is 5.37. The number of hydrogen-bond acceptors (Lipinski definition) is 8. The Balaban J connectivity index is 1.62. The summed E-state index contributed by atoms with van der Waals surface area (Å²) in [6.45, 7) is 2.13. The molecule has 1 aliphatic heterocycles. The average molecular weight is 491 g/mol.